The minimum Gasteiger partial charge on any atom is -0.329 e. The number of carbonyl (C=O) groups is 1. The third-order valence-corrected chi connectivity index (χ3v) is 3.31. The van der Waals surface area contributed by atoms with Gasteiger partial charge in [-0.3, -0.25) is 9.69 Å². The number of carbonyl (C=O) groups excluding carboxylic acids is 1. The van der Waals surface area contributed by atoms with Crippen LogP contribution in [0.2, 0.25) is 0 Å². The highest BCUT2D eigenvalue weighted by Crippen LogP contribution is 2.40. The predicted octanol–water partition coefficient (Wildman–Crippen LogP) is 1.02. The summed E-state index contributed by atoms with van der Waals surface area (Å²) in [5, 5.41) is 0. The van der Waals surface area contributed by atoms with E-state index in [2.05, 4.69) is 21.5 Å². The van der Waals surface area contributed by atoms with Crippen molar-refractivity contribution < 1.29 is 4.79 Å². The second kappa shape index (κ2) is 3.17. The summed E-state index contributed by atoms with van der Waals surface area (Å²) in [7, 11) is 2.09. The molecular formula is C11H15N3O. The van der Waals surface area contributed by atoms with Gasteiger partial charge in [0.05, 0.1) is 5.69 Å². The quantitative estimate of drug-likeness (QED) is 0.676. The normalized spacial score (nSPS) is 21.4. The molecule has 4 heteroatoms. The Kier molecular flexibility index (Phi) is 1.92. The molecule has 1 aromatic heterocycles. The van der Waals surface area contributed by atoms with Crippen molar-refractivity contribution in [2.75, 3.05) is 13.6 Å². The van der Waals surface area contributed by atoms with Crippen LogP contribution in [0.4, 0.5) is 0 Å². The summed E-state index contributed by atoms with van der Waals surface area (Å²) in [6.45, 7) is 2.90. The molecule has 1 fully saturated rings. The van der Waals surface area contributed by atoms with Crippen LogP contribution in [-0.2, 0) is 13.1 Å². The van der Waals surface area contributed by atoms with E-state index in [9.17, 15) is 4.79 Å². The molecule has 0 bridgehead atoms. The number of fused-ring (bicyclic) bond motifs is 1. The van der Waals surface area contributed by atoms with Gasteiger partial charge in [0.1, 0.15) is 11.5 Å². The van der Waals surface area contributed by atoms with E-state index in [1.807, 2.05) is 0 Å². The second-order valence-corrected chi connectivity index (χ2v) is 4.58. The maximum atomic E-state index is 10.9. The van der Waals surface area contributed by atoms with E-state index in [0.29, 0.717) is 11.6 Å². The zero-order valence-electron chi connectivity index (χ0n) is 8.94. The lowest BCUT2D eigenvalue weighted by molar-refractivity contribution is 0.111. The Balaban J connectivity index is 2.07. The molecule has 3 rings (SSSR count). The number of hydrogen-bond acceptors (Lipinski definition) is 3. The van der Waals surface area contributed by atoms with E-state index in [1.54, 1.807) is 0 Å². The van der Waals surface area contributed by atoms with Crippen LogP contribution in [0.1, 0.15) is 40.8 Å². The lowest BCUT2D eigenvalue weighted by atomic mass is 10.2. The van der Waals surface area contributed by atoms with Crippen molar-refractivity contribution in [2.24, 2.45) is 0 Å². The summed E-state index contributed by atoms with van der Waals surface area (Å²) in [5.74, 6) is 1.78. The standard InChI is InChI=1S/C11H15N3O/c1-13-4-5-14-10(6-13)9(7-15)12-11(14)8-2-3-8/h7-8H,2-6H2,1H3. The molecule has 15 heavy (non-hydrogen) atoms. The lowest BCUT2D eigenvalue weighted by Crippen LogP contribution is -2.31. The highest BCUT2D eigenvalue weighted by molar-refractivity contribution is 5.74. The third-order valence-electron chi connectivity index (χ3n) is 3.31. The van der Waals surface area contributed by atoms with Gasteiger partial charge < -0.3 is 4.57 Å². The Labute approximate surface area is 88.9 Å². The van der Waals surface area contributed by atoms with Gasteiger partial charge >= 0.3 is 0 Å². The number of rotatable bonds is 2. The summed E-state index contributed by atoms with van der Waals surface area (Å²) in [6, 6.07) is 0. The Morgan fingerprint density at radius 2 is 2.20 bits per heavy atom. The molecule has 2 aliphatic rings. The van der Waals surface area contributed by atoms with Gasteiger partial charge in [-0.25, -0.2) is 4.98 Å². The van der Waals surface area contributed by atoms with Crippen molar-refractivity contribution in [3.63, 3.8) is 0 Å². The van der Waals surface area contributed by atoms with Crippen LogP contribution in [0.3, 0.4) is 0 Å². The Morgan fingerprint density at radius 1 is 1.40 bits per heavy atom. The van der Waals surface area contributed by atoms with Crippen molar-refractivity contribution >= 4 is 6.29 Å². The Bertz CT molecular complexity index is 406. The van der Waals surface area contributed by atoms with Gasteiger partial charge in [0.15, 0.2) is 6.29 Å². The highest BCUT2D eigenvalue weighted by atomic mass is 16.1. The van der Waals surface area contributed by atoms with Crippen molar-refractivity contribution in [3.8, 4) is 0 Å². The molecule has 0 saturated heterocycles. The second-order valence-electron chi connectivity index (χ2n) is 4.58. The number of aldehydes is 1. The molecule has 0 spiro atoms. The van der Waals surface area contributed by atoms with E-state index in [1.165, 1.54) is 12.8 Å². The molecule has 4 nitrogen and oxygen atoms in total. The summed E-state index contributed by atoms with van der Waals surface area (Å²) in [6.07, 6.45) is 3.38. The molecule has 2 heterocycles. The largest absolute Gasteiger partial charge is 0.329 e. The Hall–Kier alpha value is -1.16. The minimum atomic E-state index is 0.626. The van der Waals surface area contributed by atoms with Crippen LogP contribution in [0, 0.1) is 0 Å². The fraction of sp³-hybridized carbons (Fsp3) is 0.636. The summed E-state index contributed by atoms with van der Waals surface area (Å²) < 4.78 is 2.27. The first-order valence-corrected chi connectivity index (χ1v) is 5.52. The van der Waals surface area contributed by atoms with E-state index in [4.69, 9.17) is 0 Å². The average molecular weight is 205 g/mol. The number of imidazole rings is 1. The summed E-state index contributed by atoms with van der Waals surface area (Å²) >= 11 is 0. The van der Waals surface area contributed by atoms with Crippen LogP contribution < -0.4 is 0 Å². The zero-order valence-corrected chi connectivity index (χ0v) is 8.94. The lowest BCUT2D eigenvalue weighted by Gasteiger charge is -2.25. The number of aromatic nitrogens is 2. The molecule has 0 amide bonds. The van der Waals surface area contributed by atoms with Crippen molar-refractivity contribution in [3.05, 3.63) is 17.2 Å². The summed E-state index contributed by atoms with van der Waals surface area (Å²) in [5.41, 5.74) is 1.77. The van der Waals surface area contributed by atoms with Crippen LogP contribution in [-0.4, -0.2) is 34.3 Å². The summed E-state index contributed by atoms with van der Waals surface area (Å²) in [4.78, 5) is 17.7. The van der Waals surface area contributed by atoms with Crippen LogP contribution in [0.5, 0.6) is 0 Å². The van der Waals surface area contributed by atoms with Gasteiger partial charge in [0, 0.05) is 25.6 Å². The van der Waals surface area contributed by atoms with Gasteiger partial charge in [-0.15, -0.1) is 0 Å². The van der Waals surface area contributed by atoms with E-state index >= 15 is 0 Å². The first kappa shape index (κ1) is 9.09. The van der Waals surface area contributed by atoms with Crippen LogP contribution in [0.25, 0.3) is 0 Å². The molecule has 1 aliphatic heterocycles. The average Bonchev–Trinajstić information content (AvgIpc) is 3.01. The minimum absolute atomic E-state index is 0.626. The molecule has 1 saturated carbocycles. The molecular weight excluding hydrogens is 190 g/mol. The molecule has 0 N–H and O–H groups in total. The molecule has 1 aromatic rings. The van der Waals surface area contributed by atoms with Crippen LogP contribution >= 0.6 is 0 Å². The molecule has 1 aliphatic carbocycles. The van der Waals surface area contributed by atoms with E-state index in [-0.39, 0.29) is 0 Å². The zero-order chi connectivity index (χ0) is 10.4. The molecule has 0 aromatic carbocycles. The van der Waals surface area contributed by atoms with Crippen LogP contribution in [0.15, 0.2) is 0 Å². The van der Waals surface area contributed by atoms with Crippen molar-refractivity contribution in [1.82, 2.24) is 14.5 Å². The first-order valence-electron chi connectivity index (χ1n) is 5.52. The number of nitrogens with zero attached hydrogens (tertiary/aromatic N) is 3. The predicted molar refractivity (Wildman–Crippen MR) is 55.9 cm³/mol. The molecule has 0 radical (unpaired) electrons. The molecule has 0 unspecified atom stereocenters. The highest BCUT2D eigenvalue weighted by Gasteiger charge is 2.32. The monoisotopic (exact) mass is 205 g/mol. The molecule has 0 atom stereocenters. The number of likely N-dealkylation sites (N-methyl/N-ethyl adjacent to an activating group) is 1. The van der Waals surface area contributed by atoms with Gasteiger partial charge in [0.25, 0.3) is 0 Å². The van der Waals surface area contributed by atoms with E-state index in [0.717, 1.165) is 37.4 Å². The first-order chi connectivity index (χ1) is 7.29. The topological polar surface area (TPSA) is 38.1 Å². The maximum Gasteiger partial charge on any atom is 0.170 e. The maximum absolute atomic E-state index is 10.9. The molecule has 80 valence electrons. The smallest absolute Gasteiger partial charge is 0.170 e. The van der Waals surface area contributed by atoms with Gasteiger partial charge in [0.2, 0.25) is 0 Å². The third kappa shape index (κ3) is 1.40. The van der Waals surface area contributed by atoms with Crippen molar-refractivity contribution in [1.29, 1.82) is 0 Å². The van der Waals surface area contributed by atoms with Crippen molar-refractivity contribution in [2.45, 2.75) is 31.8 Å². The van der Waals surface area contributed by atoms with E-state index < -0.39 is 0 Å². The van der Waals surface area contributed by atoms with Gasteiger partial charge in [-0.05, 0) is 19.9 Å². The fourth-order valence-corrected chi connectivity index (χ4v) is 2.29. The van der Waals surface area contributed by atoms with Gasteiger partial charge in [-0.1, -0.05) is 0 Å². The SMILES string of the molecule is CN1CCn2c(C3CC3)nc(C=O)c2C1. The van der Waals surface area contributed by atoms with Gasteiger partial charge in [-0.2, -0.15) is 0 Å². The Morgan fingerprint density at radius 3 is 2.87 bits per heavy atom. The number of hydrogen-bond donors (Lipinski definition) is 0. The fourth-order valence-electron chi connectivity index (χ4n) is 2.29.